The van der Waals surface area contributed by atoms with E-state index < -0.39 is 0 Å². The molecule has 0 saturated heterocycles. The normalized spacial score (nSPS) is 27.7. The summed E-state index contributed by atoms with van der Waals surface area (Å²) in [5.74, 6) is 2.13. The largest absolute Gasteiger partial charge is 0.492 e. The van der Waals surface area contributed by atoms with Crippen LogP contribution >= 0.6 is 22.6 Å². The standard InChI is InChI=1S/C19H25IN2O3/c1-4-25-15-10-12(9-14(20)17(15)24-3)11-21-22-18(23)16-13-7-5-6-8-19(13,16)2/h9-11,13,16H,4-8H2,1-3H3,(H,22,23)/b21-11-/t13-,16+,19-/m1/s1. The first-order chi connectivity index (χ1) is 12.0. The van der Waals surface area contributed by atoms with Gasteiger partial charge in [0.05, 0.1) is 23.5 Å². The van der Waals surface area contributed by atoms with Gasteiger partial charge in [0.15, 0.2) is 11.5 Å². The maximum atomic E-state index is 12.4. The zero-order chi connectivity index (χ0) is 18.0. The number of hydrogen-bond donors (Lipinski definition) is 1. The van der Waals surface area contributed by atoms with Crippen LogP contribution in [0.2, 0.25) is 0 Å². The molecule has 5 nitrogen and oxygen atoms in total. The molecule has 2 aliphatic rings. The van der Waals surface area contributed by atoms with Gasteiger partial charge in [0, 0.05) is 5.92 Å². The van der Waals surface area contributed by atoms with Crippen molar-refractivity contribution in [2.75, 3.05) is 13.7 Å². The van der Waals surface area contributed by atoms with Crippen molar-refractivity contribution in [3.63, 3.8) is 0 Å². The molecular weight excluding hydrogens is 431 g/mol. The first-order valence-corrected chi connectivity index (χ1v) is 9.92. The van der Waals surface area contributed by atoms with Gasteiger partial charge in [-0.1, -0.05) is 19.8 Å². The highest BCUT2D eigenvalue weighted by Gasteiger charge is 2.64. The second kappa shape index (κ2) is 7.51. The Kier molecular flexibility index (Phi) is 5.55. The molecule has 0 bridgehead atoms. The Morgan fingerprint density at radius 2 is 2.28 bits per heavy atom. The van der Waals surface area contributed by atoms with Crippen molar-refractivity contribution in [2.45, 2.75) is 39.5 Å². The van der Waals surface area contributed by atoms with E-state index in [9.17, 15) is 4.79 Å². The van der Waals surface area contributed by atoms with Gasteiger partial charge in [0.2, 0.25) is 5.91 Å². The van der Waals surface area contributed by atoms with E-state index in [4.69, 9.17) is 9.47 Å². The molecule has 136 valence electrons. The minimum Gasteiger partial charge on any atom is -0.492 e. The summed E-state index contributed by atoms with van der Waals surface area (Å²) in [6.07, 6.45) is 6.49. The molecule has 2 saturated carbocycles. The first kappa shape index (κ1) is 18.5. The van der Waals surface area contributed by atoms with E-state index in [-0.39, 0.29) is 17.2 Å². The lowest BCUT2D eigenvalue weighted by Crippen LogP contribution is -2.22. The predicted octanol–water partition coefficient (Wildman–Crippen LogP) is 3.97. The number of fused-ring (bicyclic) bond motifs is 1. The van der Waals surface area contributed by atoms with Crippen LogP contribution in [0.3, 0.4) is 0 Å². The number of carbonyl (C=O) groups excluding carboxylic acids is 1. The molecule has 1 aromatic carbocycles. The molecule has 1 amide bonds. The van der Waals surface area contributed by atoms with Gasteiger partial charge in [-0.15, -0.1) is 0 Å². The first-order valence-electron chi connectivity index (χ1n) is 8.84. The van der Waals surface area contributed by atoms with Gasteiger partial charge in [0.1, 0.15) is 0 Å². The van der Waals surface area contributed by atoms with E-state index in [0.717, 1.165) is 21.3 Å². The van der Waals surface area contributed by atoms with Gasteiger partial charge >= 0.3 is 0 Å². The van der Waals surface area contributed by atoms with Crippen LogP contribution in [0, 0.1) is 20.8 Å². The molecule has 2 fully saturated rings. The van der Waals surface area contributed by atoms with Crippen molar-refractivity contribution in [2.24, 2.45) is 22.4 Å². The highest BCUT2D eigenvalue weighted by Crippen LogP contribution is 2.66. The van der Waals surface area contributed by atoms with Crippen molar-refractivity contribution in [3.05, 3.63) is 21.3 Å². The molecule has 0 aromatic heterocycles. The van der Waals surface area contributed by atoms with Crippen molar-refractivity contribution in [1.29, 1.82) is 0 Å². The van der Waals surface area contributed by atoms with E-state index in [0.29, 0.717) is 18.3 Å². The summed E-state index contributed by atoms with van der Waals surface area (Å²) < 4.78 is 12.0. The van der Waals surface area contributed by atoms with Crippen molar-refractivity contribution in [3.8, 4) is 11.5 Å². The third kappa shape index (κ3) is 3.64. The Balaban J connectivity index is 1.65. The smallest absolute Gasteiger partial charge is 0.244 e. The molecule has 25 heavy (non-hydrogen) atoms. The lowest BCUT2D eigenvalue weighted by Gasteiger charge is -2.15. The maximum absolute atomic E-state index is 12.4. The van der Waals surface area contributed by atoms with E-state index in [1.165, 1.54) is 19.3 Å². The van der Waals surface area contributed by atoms with Gasteiger partial charge in [0.25, 0.3) is 0 Å². The Morgan fingerprint density at radius 3 is 2.92 bits per heavy atom. The van der Waals surface area contributed by atoms with Gasteiger partial charge in [-0.25, -0.2) is 5.43 Å². The lowest BCUT2D eigenvalue weighted by molar-refractivity contribution is -0.123. The number of ether oxygens (including phenoxy) is 2. The van der Waals surface area contributed by atoms with E-state index in [2.05, 4.69) is 40.0 Å². The van der Waals surface area contributed by atoms with Gasteiger partial charge in [-0.3, -0.25) is 4.79 Å². The van der Waals surface area contributed by atoms with Crippen LogP contribution in [0.25, 0.3) is 0 Å². The van der Waals surface area contributed by atoms with Gasteiger partial charge in [-0.05, 0) is 71.4 Å². The van der Waals surface area contributed by atoms with Crippen molar-refractivity contribution < 1.29 is 14.3 Å². The van der Waals surface area contributed by atoms with Crippen molar-refractivity contribution >= 4 is 34.7 Å². The molecule has 0 radical (unpaired) electrons. The molecule has 2 aliphatic carbocycles. The SMILES string of the molecule is CCOc1cc(/C=N\NC(=O)[C@@H]2[C@H]3CCCC[C@]32C)cc(I)c1OC. The molecule has 3 atom stereocenters. The van der Waals surface area contributed by atoms with Crippen LogP contribution in [0.4, 0.5) is 0 Å². The minimum atomic E-state index is 0.0545. The van der Waals surface area contributed by atoms with Crippen LogP contribution in [-0.4, -0.2) is 25.8 Å². The van der Waals surface area contributed by atoms with Crippen LogP contribution in [0.1, 0.15) is 45.1 Å². The quantitative estimate of drug-likeness (QED) is 0.401. The number of methoxy groups -OCH3 is 1. The van der Waals surface area contributed by atoms with Crippen LogP contribution in [0.15, 0.2) is 17.2 Å². The zero-order valence-corrected chi connectivity index (χ0v) is 17.1. The molecule has 1 N–H and O–H groups in total. The number of halogens is 1. The molecule has 1 aromatic rings. The fourth-order valence-electron chi connectivity index (χ4n) is 4.21. The monoisotopic (exact) mass is 456 g/mol. The average molecular weight is 456 g/mol. The summed E-state index contributed by atoms with van der Waals surface area (Å²) in [7, 11) is 1.63. The summed E-state index contributed by atoms with van der Waals surface area (Å²) in [5.41, 5.74) is 3.80. The highest BCUT2D eigenvalue weighted by atomic mass is 127. The lowest BCUT2D eigenvalue weighted by atomic mass is 9.90. The Bertz CT molecular complexity index is 691. The minimum absolute atomic E-state index is 0.0545. The summed E-state index contributed by atoms with van der Waals surface area (Å²) >= 11 is 2.21. The topological polar surface area (TPSA) is 59.9 Å². The maximum Gasteiger partial charge on any atom is 0.244 e. The van der Waals surface area contributed by atoms with Gasteiger partial charge in [-0.2, -0.15) is 5.10 Å². The molecule has 6 heteroatoms. The number of benzene rings is 1. The Morgan fingerprint density at radius 1 is 1.48 bits per heavy atom. The van der Waals surface area contributed by atoms with Gasteiger partial charge < -0.3 is 9.47 Å². The fourth-order valence-corrected chi connectivity index (χ4v) is 5.06. The van der Waals surface area contributed by atoms with Crippen molar-refractivity contribution in [1.82, 2.24) is 5.43 Å². The Labute approximate surface area is 162 Å². The molecular formula is C19H25IN2O3. The number of carbonyl (C=O) groups is 1. The Hall–Kier alpha value is -1.31. The molecule has 0 heterocycles. The number of nitrogens with one attached hydrogen (secondary N) is 1. The van der Waals surface area contributed by atoms with E-state index in [1.807, 2.05) is 19.1 Å². The second-order valence-corrected chi connectivity index (χ2v) is 8.20. The summed E-state index contributed by atoms with van der Waals surface area (Å²) in [6.45, 7) is 4.74. The zero-order valence-electron chi connectivity index (χ0n) is 15.0. The van der Waals surface area contributed by atoms with E-state index in [1.54, 1.807) is 13.3 Å². The summed E-state index contributed by atoms with van der Waals surface area (Å²) in [4.78, 5) is 12.4. The third-order valence-electron chi connectivity index (χ3n) is 5.54. The number of hydrogen-bond acceptors (Lipinski definition) is 4. The molecule has 0 unspecified atom stereocenters. The number of amides is 1. The number of rotatable bonds is 6. The second-order valence-electron chi connectivity index (χ2n) is 7.04. The molecule has 0 aliphatic heterocycles. The molecule has 3 rings (SSSR count). The molecule has 0 spiro atoms. The van der Waals surface area contributed by atoms with E-state index >= 15 is 0 Å². The number of hydrazone groups is 1. The number of nitrogens with zero attached hydrogens (tertiary/aromatic N) is 1. The summed E-state index contributed by atoms with van der Waals surface area (Å²) in [6, 6.07) is 3.83. The van der Waals surface area contributed by atoms with Crippen LogP contribution < -0.4 is 14.9 Å². The average Bonchev–Trinajstić information content (AvgIpc) is 3.20. The van der Waals surface area contributed by atoms with Crippen LogP contribution in [-0.2, 0) is 4.79 Å². The fraction of sp³-hybridized carbons (Fsp3) is 0.579. The highest BCUT2D eigenvalue weighted by molar-refractivity contribution is 14.1. The summed E-state index contributed by atoms with van der Waals surface area (Å²) in [5, 5.41) is 4.17. The third-order valence-corrected chi connectivity index (χ3v) is 6.34. The van der Waals surface area contributed by atoms with Crippen LogP contribution in [0.5, 0.6) is 11.5 Å². The predicted molar refractivity (Wildman–Crippen MR) is 106 cm³/mol.